The Bertz CT molecular complexity index is 1160. The zero-order valence-corrected chi connectivity index (χ0v) is 17.2. The summed E-state index contributed by atoms with van der Waals surface area (Å²) >= 11 is 1.83. The third-order valence-corrected chi connectivity index (χ3v) is 9.01. The number of nitrogens with zero attached hydrogens (tertiary/aromatic N) is 1. The molecule has 1 aromatic heterocycles. The fourth-order valence-electron chi connectivity index (χ4n) is 6.56. The summed E-state index contributed by atoms with van der Waals surface area (Å²) in [4.78, 5) is 3.77. The highest BCUT2D eigenvalue weighted by atomic mass is 32.1. The molecule has 146 valence electrons. The number of benzene rings is 2. The smallest absolute Gasteiger partial charge is 0.139 e. The Labute approximate surface area is 174 Å². The van der Waals surface area contributed by atoms with Crippen molar-refractivity contribution in [3.63, 3.8) is 0 Å². The number of piperidine rings is 1. The molecule has 2 aliphatic carbocycles. The van der Waals surface area contributed by atoms with E-state index < -0.39 is 6.10 Å². The Kier molecular flexibility index (Phi) is 3.16. The number of hydrogen-bond donors (Lipinski definition) is 1. The van der Waals surface area contributed by atoms with Gasteiger partial charge in [-0.3, -0.25) is 0 Å². The van der Waals surface area contributed by atoms with Crippen molar-refractivity contribution in [3.05, 3.63) is 65.7 Å². The fourth-order valence-corrected chi connectivity index (χ4v) is 7.65. The molecule has 0 unspecified atom stereocenters. The quantitative estimate of drug-likeness (QED) is 0.615. The van der Waals surface area contributed by atoms with Crippen molar-refractivity contribution in [1.82, 2.24) is 4.90 Å². The number of thiophene rings is 1. The maximum absolute atomic E-state index is 10.9. The minimum atomic E-state index is -0.538. The van der Waals surface area contributed by atoms with Gasteiger partial charge in [0.05, 0.1) is 0 Å². The summed E-state index contributed by atoms with van der Waals surface area (Å²) in [5, 5.41) is 12.2. The normalized spacial score (nSPS) is 34.3. The lowest BCUT2D eigenvalue weighted by Gasteiger charge is -2.56. The number of ether oxygens (including phenoxy) is 1. The van der Waals surface area contributed by atoms with Crippen molar-refractivity contribution in [2.45, 2.75) is 36.5 Å². The van der Waals surface area contributed by atoms with Crippen LogP contribution in [0.4, 0.5) is 0 Å². The minimum Gasteiger partial charge on any atom is -0.485 e. The van der Waals surface area contributed by atoms with Crippen LogP contribution >= 0.6 is 11.3 Å². The topological polar surface area (TPSA) is 32.7 Å². The Morgan fingerprint density at radius 2 is 2.07 bits per heavy atom. The van der Waals surface area contributed by atoms with E-state index >= 15 is 0 Å². The van der Waals surface area contributed by atoms with E-state index in [9.17, 15) is 5.11 Å². The minimum absolute atomic E-state index is 0.0824. The summed E-state index contributed by atoms with van der Waals surface area (Å²) in [7, 11) is 2.25. The molecule has 3 heterocycles. The van der Waals surface area contributed by atoms with Gasteiger partial charge in [-0.25, -0.2) is 0 Å². The summed E-state index contributed by atoms with van der Waals surface area (Å²) in [5.74, 6) is 1.45. The second-order valence-corrected chi connectivity index (χ2v) is 10.2. The lowest BCUT2D eigenvalue weighted by Crippen LogP contribution is -2.64. The van der Waals surface area contributed by atoms with Crippen LogP contribution in [0.25, 0.3) is 20.5 Å². The van der Waals surface area contributed by atoms with Crippen molar-refractivity contribution >= 4 is 21.4 Å². The second-order valence-electron chi connectivity index (χ2n) is 9.11. The lowest BCUT2D eigenvalue weighted by molar-refractivity contribution is -0.0449. The van der Waals surface area contributed by atoms with Crippen LogP contribution in [0.2, 0.25) is 0 Å². The van der Waals surface area contributed by atoms with Gasteiger partial charge in [0.25, 0.3) is 0 Å². The molecule has 5 atom stereocenters. The van der Waals surface area contributed by atoms with Gasteiger partial charge in [0.1, 0.15) is 18.0 Å². The molecule has 4 heteroatoms. The van der Waals surface area contributed by atoms with Crippen LogP contribution in [0.3, 0.4) is 0 Å². The third kappa shape index (κ3) is 1.95. The van der Waals surface area contributed by atoms with Gasteiger partial charge in [-0.15, -0.1) is 11.3 Å². The highest BCUT2D eigenvalue weighted by Crippen LogP contribution is 2.62. The predicted octanol–water partition coefficient (Wildman–Crippen LogP) is 4.37. The van der Waals surface area contributed by atoms with Crippen molar-refractivity contribution < 1.29 is 9.84 Å². The van der Waals surface area contributed by atoms with E-state index in [2.05, 4.69) is 60.5 Å². The molecular formula is C25H23NO2S. The summed E-state index contributed by atoms with van der Waals surface area (Å²) in [6.07, 6.45) is 5.67. The highest BCUT2D eigenvalue weighted by molar-refractivity contribution is 7.22. The summed E-state index contributed by atoms with van der Waals surface area (Å²) in [6, 6.07) is 15.9. The molecule has 2 aromatic carbocycles. The molecule has 3 nitrogen and oxygen atoms in total. The summed E-state index contributed by atoms with van der Waals surface area (Å²) < 4.78 is 8.00. The first-order chi connectivity index (χ1) is 14.2. The van der Waals surface area contributed by atoms with E-state index in [1.165, 1.54) is 31.7 Å². The number of likely N-dealkylation sites (N-methyl/N-ethyl adjacent to an activating group) is 1. The van der Waals surface area contributed by atoms with Gasteiger partial charge in [0.15, 0.2) is 0 Å². The first kappa shape index (κ1) is 16.6. The van der Waals surface area contributed by atoms with Gasteiger partial charge < -0.3 is 14.7 Å². The van der Waals surface area contributed by atoms with Crippen LogP contribution in [0.5, 0.6) is 5.75 Å². The Hall–Kier alpha value is -2.14. The average molecular weight is 402 g/mol. The molecule has 7 rings (SSSR count). The molecule has 0 saturated carbocycles. The Balaban J connectivity index is 1.49. The molecule has 3 aromatic rings. The maximum Gasteiger partial charge on any atom is 0.139 e. The zero-order chi connectivity index (χ0) is 19.3. The van der Waals surface area contributed by atoms with Crippen LogP contribution < -0.4 is 4.74 Å². The van der Waals surface area contributed by atoms with Gasteiger partial charge in [-0.2, -0.15) is 0 Å². The van der Waals surface area contributed by atoms with E-state index in [1.807, 2.05) is 17.4 Å². The number of hydrogen-bond acceptors (Lipinski definition) is 4. The van der Waals surface area contributed by atoms with Crippen molar-refractivity contribution in [2.75, 3.05) is 13.6 Å². The molecule has 0 radical (unpaired) electrons. The molecule has 2 bridgehead atoms. The SMILES string of the molecule is CN1CC[C@]23c4c5ccc(-c6cc7ccccc7s6)c4O[C@H]2[C@@H](O)C=C[C@H]3[C@H]1C5. The van der Waals surface area contributed by atoms with E-state index in [0.29, 0.717) is 12.0 Å². The number of aliphatic hydroxyl groups is 1. The average Bonchev–Trinajstić information content (AvgIpc) is 3.31. The van der Waals surface area contributed by atoms with Crippen LogP contribution in [-0.2, 0) is 11.8 Å². The van der Waals surface area contributed by atoms with Crippen molar-refractivity contribution in [2.24, 2.45) is 5.92 Å². The first-order valence-electron chi connectivity index (χ1n) is 10.6. The van der Waals surface area contributed by atoms with Crippen LogP contribution in [0.15, 0.2) is 54.6 Å². The third-order valence-electron chi connectivity index (χ3n) is 7.86. The maximum atomic E-state index is 10.9. The molecule has 29 heavy (non-hydrogen) atoms. The molecule has 1 fully saturated rings. The molecule has 2 aliphatic heterocycles. The van der Waals surface area contributed by atoms with Crippen LogP contribution in [0, 0.1) is 5.92 Å². The van der Waals surface area contributed by atoms with Crippen LogP contribution in [-0.4, -0.2) is 41.8 Å². The number of likely N-dealkylation sites (tertiary alicyclic amines) is 1. The van der Waals surface area contributed by atoms with Crippen molar-refractivity contribution in [3.8, 4) is 16.2 Å². The Morgan fingerprint density at radius 3 is 2.97 bits per heavy atom. The first-order valence-corrected chi connectivity index (χ1v) is 11.4. The monoisotopic (exact) mass is 401 g/mol. The summed E-state index contributed by atoms with van der Waals surface area (Å²) in [5.41, 5.74) is 3.93. The van der Waals surface area contributed by atoms with Crippen molar-refractivity contribution in [1.29, 1.82) is 0 Å². The standard InChI is InChI=1S/C25H23NO2S/c1-26-11-10-25-17-8-9-19(27)24(25)28-23-16(7-6-15(22(23)25)12-18(17)26)21-13-14-4-2-3-5-20(14)29-21/h2-9,13,17-19,24,27H,10-12H2,1H3/t17-,18+,19-,24-,25-/m0/s1. The fraction of sp³-hybridized carbons (Fsp3) is 0.360. The molecule has 4 aliphatic rings. The van der Waals surface area contributed by atoms with E-state index in [0.717, 1.165) is 25.1 Å². The molecule has 1 N–H and O–H groups in total. The lowest BCUT2D eigenvalue weighted by atomic mass is 9.53. The number of fused-ring (bicyclic) bond motifs is 1. The molecular weight excluding hydrogens is 378 g/mol. The predicted molar refractivity (Wildman–Crippen MR) is 117 cm³/mol. The van der Waals surface area contributed by atoms with E-state index in [-0.39, 0.29) is 11.5 Å². The Morgan fingerprint density at radius 1 is 1.17 bits per heavy atom. The van der Waals surface area contributed by atoms with E-state index in [4.69, 9.17) is 4.74 Å². The van der Waals surface area contributed by atoms with E-state index in [1.54, 1.807) is 0 Å². The molecule has 1 spiro atoms. The van der Waals surface area contributed by atoms with Gasteiger partial charge in [-0.05, 0) is 55.6 Å². The van der Waals surface area contributed by atoms with Gasteiger partial charge in [0, 0.05) is 38.1 Å². The molecule has 1 saturated heterocycles. The van der Waals surface area contributed by atoms with Gasteiger partial charge in [-0.1, -0.05) is 36.4 Å². The number of rotatable bonds is 1. The summed E-state index contributed by atoms with van der Waals surface area (Å²) in [6.45, 7) is 1.06. The number of aliphatic hydroxyl groups excluding tert-OH is 1. The van der Waals surface area contributed by atoms with Gasteiger partial charge in [0.2, 0.25) is 0 Å². The largest absolute Gasteiger partial charge is 0.485 e. The zero-order valence-electron chi connectivity index (χ0n) is 16.3. The second kappa shape index (κ2) is 5.51. The van der Waals surface area contributed by atoms with Gasteiger partial charge >= 0.3 is 0 Å². The highest BCUT2D eigenvalue weighted by Gasteiger charge is 2.64. The van der Waals surface area contributed by atoms with Crippen LogP contribution in [0.1, 0.15) is 17.5 Å². The molecule has 0 amide bonds.